The van der Waals surface area contributed by atoms with Crippen LogP contribution in [0.15, 0.2) is 47.4 Å². The molecular formula is C20H16N4OS. The van der Waals surface area contributed by atoms with Gasteiger partial charge in [-0.05, 0) is 29.1 Å². The molecule has 1 aromatic carbocycles. The van der Waals surface area contributed by atoms with E-state index in [0.717, 1.165) is 34.5 Å². The molecule has 1 aliphatic rings. The van der Waals surface area contributed by atoms with Gasteiger partial charge in [-0.15, -0.1) is 0 Å². The van der Waals surface area contributed by atoms with Gasteiger partial charge in [0.25, 0.3) is 0 Å². The van der Waals surface area contributed by atoms with E-state index in [1.54, 1.807) is 29.8 Å². The van der Waals surface area contributed by atoms with E-state index in [-0.39, 0.29) is 5.91 Å². The molecule has 0 atom stereocenters. The molecule has 26 heavy (non-hydrogen) atoms. The number of amides is 1. The number of nitriles is 1. The Balaban J connectivity index is 1.54. The lowest BCUT2D eigenvalue weighted by atomic mass is 10.00. The average Bonchev–Trinajstić information content (AvgIpc) is 3.22. The quantitative estimate of drug-likeness (QED) is 0.719. The van der Waals surface area contributed by atoms with Crippen molar-refractivity contribution in [1.82, 2.24) is 14.9 Å². The second-order valence-electron chi connectivity index (χ2n) is 6.21. The number of hydrogen-bond donors (Lipinski definition) is 0. The third kappa shape index (κ3) is 3.22. The Hall–Kier alpha value is -3.04. The predicted octanol–water partition coefficient (Wildman–Crippen LogP) is 3.20. The summed E-state index contributed by atoms with van der Waals surface area (Å²) >= 11 is 1.63. The Labute approximate surface area is 155 Å². The summed E-state index contributed by atoms with van der Waals surface area (Å²) in [5, 5.41) is 13.0. The first-order chi connectivity index (χ1) is 12.7. The van der Waals surface area contributed by atoms with Gasteiger partial charge >= 0.3 is 0 Å². The molecule has 1 amide bonds. The molecule has 128 valence electrons. The van der Waals surface area contributed by atoms with Crippen LogP contribution in [-0.2, 0) is 24.2 Å². The van der Waals surface area contributed by atoms with Crippen molar-refractivity contribution in [3.63, 3.8) is 0 Å². The highest BCUT2D eigenvalue weighted by Crippen LogP contribution is 2.29. The SMILES string of the molecule is N#Cc1ccc(CC(=O)N2CCc3ncnc(-c4ccsc4)c3C2)cc1. The molecule has 0 saturated carbocycles. The molecule has 0 spiro atoms. The van der Waals surface area contributed by atoms with Gasteiger partial charge in [0.1, 0.15) is 6.33 Å². The summed E-state index contributed by atoms with van der Waals surface area (Å²) in [5.74, 6) is 0.0838. The van der Waals surface area contributed by atoms with Gasteiger partial charge in [0.15, 0.2) is 0 Å². The van der Waals surface area contributed by atoms with E-state index in [9.17, 15) is 4.79 Å². The summed E-state index contributed by atoms with van der Waals surface area (Å²) in [5.41, 5.74) is 5.60. The van der Waals surface area contributed by atoms with Crippen molar-refractivity contribution in [2.24, 2.45) is 0 Å². The van der Waals surface area contributed by atoms with E-state index in [0.29, 0.717) is 25.1 Å². The topological polar surface area (TPSA) is 69.9 Å². The highest BCUT2D eigenvalue weighted by atomic mass is 32.1. The predicted molar refractivity (Wildman–Crippen MR) is 99.3 cm³/mol. The minimum Gasteiger partial charge on any atom is -0.338 e. The molecule has 2 aromatic heterocycles. The zero-order chi connectivity index (χ0) is 17.9. The van der Waals surface area contributed by atoms with E-state index >= 15 is 0 Å². The summed E-state index contributed by atoms with van der Waals surface area (Å²) in [6.45, 7) is 1.21. The molecule has 1 aliphatic heterocycles. The van der Waals surface area contributed by atoms with Crippen molar-refractivity contribution in [2.75, 3.05) is 6.54 Å². The van der Waals surface area contributed by atoms with Crippen LogP contribution in [0.5, 0.6) is 0 Å². The third-order valence-corrected chi connectivity index (χ3v) is 5.27. The summed E-state index contributed by atoms with van der Waals surface area (Å²) in [4.78, 5) is 23.5. The third-order valence-electron chi connectivity index (χ3n) is 4.59. The first-order valence-electron chi connectivity index (χ1n) is 8.37. The molecule has 0 radical (unpaired) electrons. The fraction of sp³-hybridized carbons (Fsp3) is 0.200. The maximum Gasteiger partial charge on any atom is 0.227 e. The molecular weight excluding hydrogens is 344 g/mol. The Bertz CT molecular complexity index is 974. The number of carbonyl (C=O) groups is 1. The van der Waals surface area contributed by atoms with Gasteiger partial charge < -0.3 is 4.90 Å². The van der Waals surface area contributed by atoms with Crippen LogP contribution < -0.4 is 0 Å². The summed E-state index contributed by atoms with van der Waals surface area (Å²) in [6.07, 6.45) is 2.69. The van der Waals surface area contributed by atoms with E-state index in [1.165, 1.54) is 0 Å². The van der Waals surface area contributed by atoms with Crippen molar-refractivity contribution < 1.29 is 4.79 Å². The number of benzene rings is 1. The fourth-order valence-electron chi connectivity index (χ4n) is 3.19. The molecule has 4 rings (SSSR count). The van der Waals surface area contributed by atoms with Crippen LogP contribution in [0.2, 0.25) is 0 Å². The van der Waals surface area contributed by atoms with Crippen LogP contribution >= 0.6 is 11.3 Å². The number of hydrogen-bond acceptors (Lipinski definition) is 5. The number of carbonyl (C=O) groups excluding carboxylic acids is 1. The Kier molecular flexibility index (Phi) is 4.46. The van der Waals surface area contributed by atoms with Crippen LogP contribution in [0.3, 0.4) is 0 Å². The Morgan fingerprint density at radius 3 is 2.81 bits per heavy atom. The van der Waals surface area contributed by atoms with Crippen LogP contribution in [-0.4, -0.2) is 27.3 Å². The van der Waals surface area contributed by atoms with Gasteiger partial charge in [0.2, 0.25) is 5.91 Å². The zero-order valence-corrected chi connectivity index (χ0v) is 14.9. The maximum atomic E-state index is 12.8. The zero-order valence-electron chi connectivity index (χ0n) is 14.1. The van der Waals surface area contributed by atoms with Crippen molar-refractivity contribution >= 4 is 17.2 Å². The normalized spacial score (nSPS) is 13.1. The standard InChI is InChI=1S/C20H16N4OS/c21-10-15-3-1-14(2-4-15)9-19(25)24-7-5-18-17(11-24)20(23-13-22-18)16-6-8-26-12-16/h1-4,6,8,12-13H,5,7,9,11H2. The number of thiophene rings is 1. The smallest absolute Gasteiger partial charge is 0.227 e. The first kappa shape index (κ1) is 16.4. The summed E-state index contributed by atoms with van der Waals surface area (Å²) in [6, 6.07) is 11.3. The highest BCUT2D eigenvalue weighted by Gasteiger charge is 2.25. The van der Waals surface area contributed by atoms with Crippen molar-refractivity contribution in [3.05, 3.63) is 69.8 Å². The van der Waals surface area contributed by atoms with Crippen LogP contribution in [0.4, 0.5) is 0 Å². The summed E-state index contributed by atoms with van der Waals surface area (Å²) < 4.78 is 0. The van der Waals surface area contributed by atoms with Crippen molar-refractivity contribution in [1.29, 1.82) is 5.26 Å². The van der Waals surface area contributed by atoms with E-state index in [2.05, 4.69) is 21.4 Å². The largest absolute Gasteiger partial charge is 0.338 e. The van der Waals surface area contributed by atoms with Gasteiger partial charge in [0.05, 0.1) is 29.4 Å². The van der Waals surface area contributed by atoms with Gasteiger partial charge in [-0.2, -0.15) is 16.6 Å². The molecule has 0 N–H and O–H groups in total. The first-order valence-corrected chi connectivity index (χ1v) is 9.31. The monoisotopic (exact) mass is 360 g/mol. The molecule has 6 heteroatoms. The molecule has 3 heterocycles. The second kappa shape index (κ2) is 7.06. The van der Waals surface area contributed by atoms with E-state index < -0.39 is 0 Å². The molecule has 0 bridgehead atoms. The minimum absolute atomic E-state index is 0.0838. The highest BCUT2D eigenvalue weighted by molar-refractivity contribution is 7.08. The van der Waals surface area contributed by atoms with Gasteiger partial charge in [0, 0.05) is 36.0 Å². The lowest BCUT2D eigenvalue weighted by Crippen LogP contribution is -2.37. The van der Waals surface area contributed by atoms with Crippen LogP contribution in [0.25, 0.3) is 11.3 Å². The van der Waals surface area contributed by atoms with Crippen molar-refractivity contribution in [2.45, 2.75) is 19.4 Å². The van der Waals surface area contributed by atoms with Crippen molar-refractivity contribution in [3.8, 4) is 17.3 Å². The second-order valence-corrected chi connectivity index (χ2v) is 6.99. The Morgan fingerprint density at radius 2 is 2.08 bits per heavy atom. The molecule has 3 aromatic rings. The Morgan fingerprint density at radius 1 is 1.23 bits per heavy atom. The number of nitrogens with zero attached hydrogens (tertiary/aromatic N) is 4. The molecule has 0 unspecified atom stereocenters. The molecule has 0 aliphatic carbocycles. The fourth-order valence-corrected chi connectivity index (χ4v) is 3.83. The molecule has 0 saturated heterocycles. The molecule has 5 nitrogen and oxygen atoms in total. The lowest BCUT2D eigenvalue weighted by molar-refractivity contribution is -0.131. The van der Waals surface area contributed by atoms with Crippen LogP contribution in [0.1, 0.15) is 22.4 Å². The lowest BCUT2D eigenvalue weighted by Gasteiger charge is -2.29. The van der Waals surface area contributed by atoms with E-state index in [1.807, 2.05) is 28.5 Å². The van der Waals surface area contributed by atoms with Crippen LogP contribution in [0, 0.1) is 11.3 Å². The average molecular weight is 360 g/mol. The molecule has 0 fully saturated rings. The summed E-state index contributed by atoms with van der Waals surface area (Å²) in [7, 11) is 0. The number of rotatable bonds is 3. The van der Waals surface area contributed by atoms with Gasteiger partial charge in [-0.3, -0.25) is 4.79 Å². The number of aromatic nitrogens is 2. The van der Waals surface area contributed by atoms with E-state index in [4.69, 9.17) is 5.26 Å². The minimum atomic E-state index is 0.0838. The van der Waals surface area contributed by atoms with Gasteiger partial charge in [-0.1, -0.05) is 12.1 Å². The van der Waals surface area contributed by atoms with Gasteiger partial charge in [-0.25, -0.2) is 9.97 Å². The number of fused-ring (bicyclic) bond motifs is 1. The maximum absolute atomic E-state index is 12.8.